The van der Waals surface area contributed by atoms with E-state index in [1.807, 2.05) is 23.8 Å². The molecule has 0 spiro atoms. The maximum absolute atomic E-state index is 10.9. The molecule has 0 bridgehead atoms. The molecule has 4 nitrogen and oxygen atoms in total. The van der Waals surface area contributed by atoms with E-state index in [-0.39, 0.29) is 0 Å². The van der Waals surface area contributed by atoms with Crippen molar-refractivity contribution in [1.29, 1.82) is 0 Å². The van der Waals surface area contributed by atoms with Crippen molar-refractivity contribution < 1.29 is 4.79 Å². The highest BCUT2D eigenvalue weighted by atomic mass is 16.1. The van der Waals surface area contributed by atoms with Crippen molar-refractivity contribution in [2.45, 2.75) is 13.5 Å². The number of amides is 1. The molecule has 2 aromatic rings. The Morgan fingerprint density at radius 1 is 1.64 bits per heavy atom. The minimum atomic E-state index is -0.441. The van der Waals surface area contributed by atoms with Gasteiger partial charge in [0.05, 0.1) is 5.56 Å². The van der Waals surface area contributed by atoms with Crippen LogP contribution < -0.4 is 5.73 Å². The molecular formula is C10H11N3O. The number of aromatic nitrogens is 2. The van der Waals surface area contributed by atoms with Gasteiger partial charge in [-0.15, -0.1) is 0 Å². The van der Waals surface area contributed by atoms with E-state index in [0.717, 1.165) is 17.6 Å². The molecule has 0 aromatic carbocycles. The summed E-state index contributed by atoms with van der Waals surface area (Å²) < 4.78 is 2.01. The van der Waals surface area contributed by atoms with Crippen LogP contribution in [0.3, 0.4) is 0 Å². The molecule has 0 atom stereocenters. The molecule has 2 N–H and O–H groups in total. The van der Waals surface area contributed by atoms with Crippen molar-refractivity contribution in [2.24, 2.45) is 5.73 Å². The minimum Gasteiger partial charge on any atom is -0.366 e. The van der Waals surface area contributed by atoms with E-state index in [1.54, 1.807) is 6.07 Å². The topological polar surface area (TPSA) is 60.9 Å². The second-order valence-electron chi connectivity index (χ2n) is 3.10. The zero-order chi connectivity index (χ0) is 10.1. The average molecular weight is 189 g/mol. The van der Waals surface area contributed by atoms with Crippen LogP contribution in [0.1, 0.15) is 17.3 Å². The van der Waals surface area contributed by atoms with E-state index in [9.17, 15) is 4.79 Å². The van der Waals surface area contributed by atoms with Crippen LogP contribution >= 0.6 is 0 Å². The third kappa shape index (κ3) is 1.25. The number of nitrogens with two attached hydrogens (primary N) is 1. The van der Waals surface area contributed by atoms with E-state index < -0.39 is 5.91 Å². The van der Waals surface area contributed by atoms with E-state index >= 15 is 0 Å². The van der Waals surface area contributed by atoms with Crippen LogP contribution in [-0.4, -0.2) is 15.5 Å². The first kappa shape index (κ1) is 8.74. The van der Waals surface area contributed by atoms with Crippen LogP contribution in [0, 0.1) is 0 Å². The molecule has 0 aliphatic rings. The van der Waals surface area contributed by atoms with E-state index in [1.165, 1.54) is 6.20 Å². The molecular weight excluding hydrogens is 178 g/mol. The molecule has 4 heteroatoms. The van der Waals surface area contributed by atoms with E-state index in [4.69, 9.17) is 5.73 Å². The summed E-state index contributed by atoms with van der Waals surface area (Å²) in [7, 11) is 0. The van der Waals surface area contributed by atoms with Gasteiger partial charge in [0.2, 0.25) is 5.91 Å². The lowest BCUT2D eigenvalue weighted by molar-refractivity contribution is 0.1000. The minimum absolute atomic E-state index is 0.441. The van der Waals surface area contributed by atoms with Crippen molar-refractivity contribution in [3.8, 4) is 0 Å². The molecule has 0 aliphatic carbocycles. The van der Waals surface area contributed by atoms with Gasteiger partial charge in [-0.25, -0.2) is 4.98 Å². The molecule has 1 amide bonds. The zero-order valence-corrected chi connectivity index (χ0v) is 7.90. The monoisotopic (exact) mass is 189 g/mol. The molecule has 0 unspecified atom stereocenters. The quantitative estimate of drug-likeness (QED) is 0.770. The Morgan fingerprint density at radius 2 is 2.43 bits per heavy atom. The van der Waals surface area contributed by atoms with Gasteiger partial charge in [-0.2, -0.15) is 0 Å². The Kier molecular flexibility index (Phi) is 1.96. The van der Waals surface area contributed by atoms with Gasteiger partial charge in [0.15, 0.2) is 0 Å². The number of pyridine rings is 1. The number of rotatable bonds is 2. The zero-order valence-electron chi connectivity index (χ0n) is 7.90. The van der Waals surface area contributed by atoms with Gasteiger partial charge < -0.3 is 10.3 Å². The molecule has 72 valence electrons. The Hall–Kier alpha value is -1.84. The Labute approximate surface area is 81.3 Å². The van der Waals surface area contributed by atoms with Crippen LogP contribution in [-0.2, 0) is 6.54 Å². The fourth-order valence-electron chi connectivity index (χ4n) is 1.47. The number of hydrogen-bond acceptors (Lipinski definition) is 2. The first-order valence-corrected chi connectivity index (χ1v) is 4.47. The largest absolute Gasteiger partial charge is 0.366 e. The Balaban J connectivity index is 2.63. The number of carbonyl (C=O) groups excluding carboxylic acids is 1. The maximum atomic E-state index is 10.9. The highest BCUT2D eigenvalue weighted by Crippen LogP contribution is 2.14. The molecule has 0 radical (unpaired) electrons. The van der Waals surface area contributed by atoms with Crippen molar-refractivity contribution in [3.05, 3.63) is 30.1 Å². The number of aryl methyl sites for hydroxylation is 1. The van der Waals surface area contributed by atoms with Crippen LogP contribution in [0.5, 0.6) is 0 Å². The molecule has 0 fully saturated rings. The SMILES string of the molecule is CCn1ccc2cc(C(N)=O)cnc21. The van der Waals surface area contributed by atoms with Crippen LogP contribution in [0.4, 0.5) is 0 Å². The molecule has 0 aliphatic heterocycles. The standard InChI is InChI=1S/C10H11N3O/c1-2-13-4-3-7-5-8(9(11)14)6-12-10(7)13/h3-6H,2H2,1H3,(H2,11,14). The number of hydrogen-bond donors (Lipinski definition) is 1. The summed E-state index contributed by atoms with van der Waals surface area (Å²) in [4.78, 5) is 15.1. The van der Waals surface area contributed by atoms with Crippen molar-refractivity contribution >= 4 is 16.9 Å². The second-order valence-corrected chi connectivity index (χ2v) is 3.10. The highest BCUT2D eigenvalue weighted by Gasteiger charge is 2.05. The second kappa shape index (κ2) is 3.14. The van der Waals surface area contributed by atoms with Gasteiger partial charge in [-0.1, -0.05) is 0 Å². The van der Waals surface area contributed by atoms with Gasteiger partial charge in [0, 0.05) is 24.3 Å². The Morgan fingerprint density at radius 3 is 3.07 bits per heavy atom. The van der Waals surface area contributed by atoms with Crippen LogP contribution in [0.25, 0.3) is 11.0 Å². The molecule has 0 saturated heterocycles. The van der Waals surface area contributed by atoms with Gasteiger partial charge in [-0.05, 0) is 19.1 Å². The fraction of sp³-hybridized carbons (Fsp3) is 0.200. The van der Waals surface area contributed by atoms with Gasteiger partial charge in [0.1, 0.15) is 5.65 Å². The number of fused-ring (bicyclic) bond motifs is 1. The molecule has 2 heterocycles. The molecule has 2 aromatic heterocycles. The lowest BCUT2D eigenvalue weighted by atomic mass is 10.2. The third-order valence-corrected chi connectivity index (χ3v) is 2.23. The van der Waals surface area contributed by atoms with Crippen LogP contribution in [0.2, 0.25) is 0 Å². The molecule has 2 rings (SSSR count). The summed E-state index contributed by atoms with van der Waals surface area (Å²) >= 11 is 0. The lowest BCUT2D eigenvalue weighted by Crippen LogP contribution is -2.11. The molecule has 0 saturated carbocycles. The van der Waals surface area contributed by atoms with Crippen LogP contribution in [0.15, 0.2) is 24.5 Å². The average Bonchev–Trinajstić information content (AvgIpc) is 2.59. The summed E-state index contributed by atoms with van der Waals surface area (Å²) in [5, 5.41) is 0.947. The summed E-state index contributed by atoms with van der Waals surface area (Å²) in [6.45, 7) is 2.91. The number of nitrogens with zero attached hydrogens (tertiary/aromatic N) is 2. The van der Waals surface area contributed by atoms with E-state index in [2.05, 4.69) is 4.98 Å². The number of primary amides is 1. The first-order chi connectivity index (χ1) is 6.72. The predicted octanol–water partition coefficient (Wildman–Crippen LogP) is 1.16. The number of carbonyl (C=O) groups is 1. The predicted molar refractivity (Wildman–Crippen MR) is 53.9 cm³/mol. The summed E-state index contributed by atoms with van der Waals surface area (Å²) in [6, 6.07) is 3.69. The van der Waals surface area contributed by atoms with Gasteiger partial charge in [-0.3, -0.25) is 4.79 Å². The smallest absolute Gasteiger partial charge is 0.250 e. The summed E-state index contributed by atoms with van der Waals surface area (Å²) in [6.07, 6.45) is 3.46. The molecule has 14 heavy (non-hydrogen) atoms. The Bertz CT molecular complexity index is 487. The first-order valence-electron chi connectivity index (χ1n) is 4.47. The highest BCUT2D eigenvalue weighted by molar-refractivity contribution is 5.95. The van der Waals surface area contributed by atoms with Gasteiger partial charge in [0.25, 0.3) is 0 Å². The summed E-state index contributed by atoms with van der Waals surface area (Å²) in [5.41, 5.74) is 6.50. The van der Waals surface area contributed by atoms with Crippen molar-refractivity contribution in [3.63, 3.8) is 0 Å². The third-order valence-electron chi connectivity index (χ3n) is 2.23. The summed E-state index contributed by atoms with van der Waals surface area (Å²) in [5.74, 6) is -0.441. The maximum Gasteiger partial charge on any atom is 0.250 e. The van der Waals surface area contributed by atoms with Crippen molar-refractivity contribution in [1.82, 2.24) is 9.55 Å². The fourth-order valence-corrected chi connectivity index (χ4v) is 1.47. The normalized spacial score (nSPS) is 10.6. The van der Waals surface area contributed by atoms with E-state index in [0.29, 0.717) is 5.56 Å². The lowest BCUT2D eigenvalue weighted by Gasteiger charge is -1.99. The van der Waals surface area contributed by atoms with Gasteiger partial charge >= 0.3 is 0 Å². The van der Waals surface area contributed by atoms with Crippen molar-refractivity contribution in [2.75, 3.05) is 0 Å².